The Bertz CT molecular complexity index is 224. The Balaban J connectivity index is 2.69. The molecular formula is C9H12O2. The summed E-state index contributed by atoms with van der Waals surface area (Å²) in [5.74, 6) is 0.233. The van der Waals surface area contributed by atoms with Gasteiger partial charge in [0.05, 0.1) is 0 Å². The Morgan fingerprint density at radius 1 is 1.45 bits per heavy atom. The van der Waals surface area contributed by atoms with Gasteiger partial charge in [0.25, 0.3) is 0 Å². The van der Waals surface area contributed by atoms with Crippen molar-refractivity contribution in [3.63, 3.8) is 0 Å². The van der Waals surface area contributed by atoms with Crippen LogP contribution in [0.15, 0.2) is 11.6 Å². The summed E-state index contributed by atoms with van der Waals surface area (Å²) in [6, 6.07) is 0. The van der Waals surface area contributed by atoms with Gasteiger partial charge in [-0.15, -0.1) is 0 Å². The Morgan fingerprint density at radius 2 is 2.09 bits per heavy atom. The molecule has 1 aliphatic rings. The Labute approximate surface area is 66.3 Å². The van der Waals surface area contributed by atoms with Gasteiger partial charge in [-0.05, 0) is 18.1 Å². The van der Waals surface area contributed by atoms with E-state index in [-0.39, 0.29) is 17.5 Å². The number of Topliss-reactive ketones (excluding diaryl/α,β-unsaturated/α-hetero) is 1. The van der Waals surface area contributed by atoms with Crippen LogP contribution in [0.1, 0.15) is 26.7 Å². The third-order valence-corrected chi connectivity index (χ3v) is 1.82. The lowest BCUT2D eigenvalue weighted by atomic mass is 10.0. The molecule has 0 atom stereocenters. The smallest absolute Gasteiger partial charge is 0.161 e. The van der Waals surface area contributed by atoms with Gasteiger partial charge in [0.15, 0.2) is 11.6 Å². The van der Waals surface area contributed by atoms with Gasteiger partial charge in [0, 0.05) is 12.3 Å². The molecule has 0 saturated heterocycles. The van der Waals surface area contributed by atoms with Crippen LogP contribution in [0.4, 0.5) is 0 Å². The van der Waals surface area contributed by atoms with Crippen molar-refractivity contribution in [2.75, 3.05) is 0 Å². The maximum Gasteiger partial charge on any atom is 0.161 e. The van der Waals surface area contributed by atoms with Gasteiger partial charge in [-0.3, -0.25) is 9.59 Å². The summed E-state index contributed by atoms with van der Waals surface area (Å²) < 4.78 is 0. The number of hydrogen-bond donors (Lipinski definition) is 0. The normalized spacial score (nSPS) is 17.4. The van der Waals surface area contributed by atoms with Crippen LogP contribution in [-0.4, -0.2) is 11.6 Å². The molecule has 2 nitrogen and oxygen atoms in total. The van der Waals surface area contributed by atoms with Gasteiger partial charge in [-0.2, -0.15) is 0 Å². The third kappa shape index (κ3) is 1.76. The van der Waals surface area contributed by atoms with E-state index in [2.05, 4.69) is 0 Å². The van der Waals surface area contributed by atoms with Crippen LogP contribution < -0.4 is 0 Å². The van der Waals surface area contributed by atoms with Crippen molar-refractivity contribution in [2.24, 2.45) is 5.92 Å². The molecule has 0 N–H and O–H groups in total. The quantitative estimate of drug-likeness (QED) is 0.601. The van der Waals surface area contributed by atoms with E-state index in [0.717, 1.165) is 0 Å². The number of hydrogen-bond acceptors (Lipinski definition) is 2. The maximum atomic E-state index is 11.3. The first kappa shape index (κ1) is 8.18. The lowest BCUT2D eigenvalue weighted by Crippen LogP contribution is -2.08. The molecule has 0 heterocycles. The Kier molecular flexibility index (Phi) is 2.22. The minimum atomic E-state index is 0.0205. The van der Waals surface area contributed by atoms with Crippen molar-refractivity contribution in [3.8, 4) is 0 Å². The molecule has 11 heavy (non-hydrogen) atoms. The van der Waals surface area contributed by atoms with Crippen LogP contribution in [0.3, 0.4) is 0 Å². The largest absolute Gasteiger partial charge is 0.295 e. The highest BCUT2D eigenvalue weighted by Crippen LogP contribution is 2.18. The van der Waals surface area contributed by atoms with Crippen molar-refractivity contribution in [1.29, 1.82) is 0 Å². The van der Waals surface area contributed by atoms with Gasteiger partial charge in [0.1, 0.15) is 0 Å². The fourth-order valence-corrected chi connectivity index (χ4v) is 1.16. The van der Waals surface area contributed by atoms with Crippen LogP contribution in [-0.2, 0) is 9.59 Å². The average molecular weight is 152 g/mol. The zero-order valence-corrected chi connectivity index (χ0v) is 6.89. The predicted octanol–water partition coefficient (Wildman–Crippen LogP) is 1.50. The predicted molar refractivity (Wildman–Crippen MR) is 42.2 cm³/mol. The molecule has 0 aromatic rings. The second-order valence-corrected chi connectivity index (χ2v) is 3.15. The molecular weight excluding hydrogens is 140 g/mol. The van der Waals surface area contributed by atoms with Crippen LogP contribution >= 0.6 is 0 Å². The van der Waals surface area contributed by atoms with E-state index in [9.17, 15) is 9.59 Å². The van der Waals surface area contributed by atoms with E-state index in [1.165, 1.54) is 6.08 Å². The molecule has 0 bridgehead atoms. The van der Waals surface area contributed by atoms with E-state index >= 15 is 0 Å². The fourth-order valence-electron chi connectivity index (χ4n) is 1.16. The molecule has 0 aromatic heterocycles. The number of ketones is 2. The van der Waals surface area contributed by atoms with Gasteiger partial charge in [-0.1, -0.05) is 13.8 Å². The van der Waals surface area contributed by atoms with Crippen molar-refractivity contribution >= 4 is 11.6 Å². The maximum absolute atomic E-state index is 11.3. The summed E-state index contributed by atoms with van der Waals surface area (Å²) in [6.45, 7) is 3.71. The van der Waals surface area contributed by atoms with Gasteiger partial charge in [0.2, 0.25) is 0 Å². The van der Waals surface area contributed by atoms with E-state index in [0.29, 0.717) is 18.4 Å². The Morgan fingerprint density at radius 3 is 2.45 bits per heavy atom. The van der Waals surface area contributed by atoms with Gasteiger partial charge in [-0.25, -0.2) is 0 Å². The minimum absolute atomic E-state index is 0.0205. The molecule has 0 unspecified atom stereocenters. The van der Waals surface area contributed by atoms with Gasteiger partial charge >= 0.3 is 0 Å². The summed E-state index contributed by atoms with van der Waals surface area (Å²) in [7, 11) is 0. The van der Waals surface area contributed by atoms with Crippen molar-refractivity contribution in [1.82, 2.24) is 0 Å². The van der Waals surface area contributed by atoms with E-state index in [1.54, 1.807) is 0 Å². The fraction of sp³-hybridized carbons (Fsp3) is 0.556. The number of carbonyl (C=O) groups excluding carboxylic acids is 2. The molecule has 0 aliphatic heterocycles. The highest BCUT2D eigenvalue weighted by atomic mass is 16.1. The lowest BCUT2D eigenvalue weighted by Gasteiger charge is -2.02. The molecule has 1 rings (SSSR count). The first-order valence-electron chi connectivity index (χ1n) is 3.89. The summed E-state index contributed by atoms with van der Waals surface area (Å²) in [4.78, 5) is 22.0. The number of carbonyl (C=O) groups is 2. The molecule has 0 amide bonds. The standard InChI is InChI=1S/C9H12O2/c1-6(2)9(11)7-3-4-8(10)5-7/h5-6H,3-4H2,1-2H3. The van der Waals surface area contributed by atoms with Crippen molar-refractivity contribution in [3.05, 3.63) is 11.6 Å². The SMILES string of the molecule is CC(C)C(=O)C1=CC(=O)CC1. The highest BCUT2D eigenvalue weighted by molar-refractivity contribution is 6.06. The molecule has 0 saturated carbocycles. The number of rotatable bonds is 2. The Hall–Kier alpha value is -0.920. The molecule has 60 valence electrons. The molecule has 0 radical (unpaired) electrons. The highest BCUT2D eigenvalue weighted by Gasteiger charge is 2.19. The monoisotopic (exact) mass is 152 g/mol. The first-order chi connectivity index (χ1) is 5.11. The molecule has 2 heteroatoms. The lowest BCUT2D eigenvalue weighted by molar-refractivity contribution is -0.118. The summed E-state index contributed by atoms with van der Waals surface area (Å²) in [6.07, 6.45) is 2.66. The minimum Gasteiger partial charge on any atom is -0.295 e. The average Bonchev–Trinajstić information content (AvgIpc) is 2.34. The first-order valence-corrected chi connectivity index (χ1v) is 3.89. The second kappa shape index (κ2) is 2.99. The summed E-state index contributed by atoms with van der Waals surface area (Å²) in [5, 5.41) is 0. The molecule has 1 aliphatic carbocycles. The second-order valence-electron chi connectivity index (χ2n) is 3.15. The number of allylic oxidation sites excluding steroid dienone is 2. The van der Waals surface area contributed by atoms with Crippen LogP contribution in [0.2, 0.25) is 0 Å². The van der Waals surface area contributed by atoms with E-state index in [1.807, 2.05) is 13.8 Å². The summed E-state index contributed by atoms with van der Waals surface area (Å²) >= 11 is 0. The van der Waals surface area contributed by atoms with E-state index < -0.39 is 0 Å². The zero-order chi connectivity index (χ0) is 8.43. The van der Waals surface area contributed by atoms with Crippen LogP contribution in [0.5, 0.6) is 0 Å². The molecule has 0 fully saturated rings. The topological polar surface area (TPSA) is 34.1 Å². The van der Waals surface area contributed by atoms with E-state index in [4.69, 9.17) is 0 Å². The molecule has 0 aromatic carbocycles. The van der Waals surface area contributed by atoms with Crippen LogP contribution in [0, 0.1) is 5.92 Å². The molecule has 0 spiro atoms. The van der Waals surface area contributed by atoms with Gasteiger partial charge < -0.3 is 0 Å². The third-order valence-electron chi connectivity index (χ3n) is 1.82. The summed E-state index contributed by atoms with van der Waals surface area (Å²) in [5.41, 5.74) is 0.713. The van der Waals surface area contributed by atoms with Crippen LogP contribution in [0.25, 0.3) is 0 Å². The van der Waals surface area contributed by atoms with Crippen molar-refractivity contribution < 1.29 is 9.59 Å². The zero-order valence-electron chi connectivity index (χ0n) is 6.89. The van der Waals surface area contributed by atoms with Crippen molar-refractivity contribution in [2.45, 2.75) is 26.7 Å².